The van der Waals surface area contributed by atoms with Gasteiger partial charge in [0.05, 0.1) is 17.7 Å². The second-order valence-electron chi connectivity index (χ2n) is 8.08. The van der Waals surface area contributed by atoms with E-state index in [1.807, 2.05) is 22.9 Å². The van der Waals surface area contributed by atoms with Gasteiger partial charge in [-0.15, -0.1) is 0 Å². The zero-order chi connectivity index (χ0) is 25.2. The van der Waals surface area contributed by atoms with Crippen molar-refractivity contribution in [1.29, 1.82) is 0 Å². The number of nitrogens with zero attached hydrogens (tertiary/aromatic N) is 5. The van der Waals surface area contributed by atoms with E-state index < -0.39 is 10.4 Å². The Morgan fingerprint density at radius 3 is 2.49 bits per heavy atom. The normalized spacial score (nSPS) is 13.0. The lowest BCUT2D eigenvalue weighted by molar-refractivity contribution is 0.503. The van der Waals surface area contributed by atoms with Crippen LogP contribution in [0.15, 0.2) is 54.1 Å². The highest BCUT2D eigenvalue weighted by atomic mass is 35.5. The van der Waals surface area contributed by atoms with Gasteiger partial charge in [0.15, 0.2) is 0 Å². The molecule has 9 nitrogen and oxygen atoms in total. The Morgan fingerprint density at radius 2 is 1.86 bits per heavy atom. The smallest absolute Gasteiger partial charge is 0.349 e. The maximum absolute atomic E-state index is 13.3. The molecule has 3 heterocycles. The highest BCUT2D eigenvalue weighted by Crippen LogP contribution is 2.38. The molecule has 35 heavy (non-hydrogen) atoms. The molecule has 184 valence electrons. The largest absolute Gasteiger partial charge is 0.370 e. The molecule has 0 saturated heterocycles. The van der Waals surface area contributed by atoms with Gasteiger partial charge >= 0.3 is 10.4 Å². The van der Waals surface area contributed by atoms with Crippen LogP contribution in [0.5, 0.6) is 0 Å². The highest BCUT2D eigenvalue weighted by Gasteiger charge is 2.37. The Bertz CT molecular complexity index is 1370. The van der Waals surface area contributed by atoms with Crippen LogP contribution >= 0.6 is 23.2 Å². The molecule has 4 rings (SSSR count). The van der Waals surface area contributed by atoms with E-state index in [2.05, 4.69) is 25.1 Å². The first-order valence-corrected chi connectivity index (χ1v) is 13.1. The summed E-state index contributed by atoms with van der Waals surface area (Å²) in [7, 11) is -2.03. The first kappa shape index (κ1) is 25.2. The number of aryl methyl sites for hydroxylation is 3. The van der Waals surface area contributed by atoms with E-state index in [-0.39, 0.29) is 14.9 Å². The van der Waals surface area contributed by atoms with Gasteiger partial charge in [-0.1, -0.05) is 23.2 Å². The summed E-state index contributed by atoms with van der Waals surface area (Å²) in [5.74, 6) is 0.708. The van der Waals surface area contributed by atoms with Crippen LogP contribution in [0.25, 0.3) is 11.1 Å². The van der Waals surface area contributed by atoms with E-state index in [0.29, 0.717) is 22.8 Å². The van der Waals surface area contributed by atoms with Gasteiger partial charge in [0.2, 0.25) is 0 Å². The van der Waals surface area contributed by atoms with Crippen molar-refractivity contribution in [3.05, 3.63) is 70.6 Å². The van der Waals surface area contributed by atoms with E-state index in [1.165, 1.54) is 0 Å². The average molecular weight is 535 g/mol. The molecule has 4 aromatic rings. The molecule has 3 aromatic heterocycles. The maximum Gasteiger partial charge on any atom is 0.349 e. The summed E-state index contributed by atoms with van der Waals surface area (Å²) in [6.07, 6.45) is 8.06. The lowest BCUT2D eigenvalue weighted by Crippen LogP contribution is -2.22. The number of halogens is 2. The average Bonchev–Trinajstić information content (AvgIpc) is 3.40. The van der Waals surface area contributed by atoms with Crippen LogP contribution in [0.2, 0.25) is 10.0 Å². The predicted octanol–water partition coefficient (Wildman–Crippen LogP) is 5.46. The molecule has 3 N–H and O–H groups in total. The molecule has 12 heteroatoms. The molecule has 1 unspecified atom stereocenters. The quantitative estimate of drug-likeness (QED) is 0.194. The summed E-state index contributed by atoms with van der Waals surface area (Å²) in [5.41, 5.74) is 3.31. The Hall–Kier alpha value is -2.92. The standard InChI is InChI=1S/C23H25Cl2N7O2S/c1-15-22(16(2)31(3)29-15)30-35(33,34)23-19(24)11-18(12-20(23)25)17-5-7-28-21(13-17)27-6-4-9-32-10-8-26-14-32/h5,7-8,10-14H,4,6,9H2,1-3H3,(H2-,27,28,30,33,34)/p+1. The number of nitrogens with one attached hydrogen (secondary N) is 2. The minimum atomic E-state index is -3.80. The summed E-state index contributed by atoms with van der Waals surface area (Å²) in [6, 6.07) is 6.97. The third-order valence-corrected chi connectivity index (χ3v) is 7.87. The molecule has 0 aliphatic carbocycles. The van der Waals surface area contributed by atoms with Crippen molar-refractivity contribution in [2.24, 2.45) is 7.05 Å². The molecule has 1 aromatic carbocycles. The van der Waals surface area contributed by atoms with Gasteiger partial charge in [-0.25, -0.2) is 9.97 Å². The minimum Gasteiger partial charge on any atom is -0.370 e. The molecule has 0 aliphatic rings. The Balaban J connectivity index is 1.52. The van der Waals surface area contributed by atoms with Crippen LogP contribution in [0.3, 0.4) is 0 Å². The van der Waals surface area contributed by atoms with Gasteiger partial charge in [0.1, 0.15) is 21.6 Å². The van der Waals surface area contributed by atoms with Crippen LogP contribution in [-0.2, 0) is 28.2 Å². The fourth-order valence-corrected chi connectivity index (χ4v) is 6.14. The van der Waals surface area contributed by atoms with Crippen molar-refractivity contribution < 1.29 is 8.76 Å². The van der Waals surface area contributed by atoms with Gasteiger partial charge in [-0.05, 0) is 59.9 Å². The topological polar surface area (TPSA) is 110 Å². The monoisotopic (exact) mass is 534 g/mol. The molecule has 0 bridgehead atoms. The molecule has 0 spiro atoms. The van der Waals surface area contributed by atoms with Gasteiger partial charge in [0, 0.05) is 38.7 Å². The number of benzene rings is 1. The van der Waals surface area contributed by atoms with Gasteiger partial charge in [-0.3, -0.25) is 4.68 Å². The van der Waals surface area contributed by atoms with Gasteiger partial charge in [0.25, 0.3) is 4.90 Å². The highest BCUT2D eigenvalue weighted by molar-refractivity contribution is 7.99. The fourth-order valence-electron chi connectivity index (χ4n) is 3.71. The Morgan fingerprint density at radius 1 is 1.11 bits per heavy atom. The summed E-state index contributed by atoms with van der Waals surface area (Å²) < 4.78 is 30.4. The lowest BCUT2D eigenvalue weighted by atomic mass is 10.1. The molecule has 1 atom stereocenters. The van der Waals surface area contributed by atoms with E-state index in [1.54, 1.807) is 56.4 Å². The first-order chi connectivity index (χ1) is 16.7. The summed E-state index contributed by atoms with van der Waals surface area (Å²) in [4.78, 5) is 8.33. The summed E-state index contributed by atoms with van der Waals surface area (Å²) >= 11 is 13.0. The van der Waals surface area contributed by atoms with Crippen LogP contribution in [0.4, 0.5) is 11.5 Å². The zero-order valence-corrected chi connectivity index (χ0v) is 21.8. The fraction of sp³-hybridized carbons (Fsp3) is 0.261. The van der Waals surface area contributed by atoms with E-state index in [9.17, 15) is 8.76 Å². The second-order valence-corrected chi connectivity index (χ2v) is 10.6. The molecular formula is C23H26Cl2N7O2S+. The number of imidazole rings is 1. The van der Waals surface area contributed by atoms with E-state index in [0.717, 1.165) is 30.8 Å². The molecule has 0 saturated carbocycles. The van der Waals surface area contributed by atoms with Crippen molar-refractivity contribution in [3.63, 3.8) is 0 Å². The van der Waals surface area contributed by atoms with Crippen molar-refractivity contribution >= 4 is 45.1 Å². The second kappa shape index (κ2) is 10.4. The number of hydrogen-bond acceptors (Lipinski definition) is 5. The van der Waals surface area contributed by atoms with Gasteiger partial charge in [-0.2, -0.15) is 14.4 Å². The third-order valence-electron chi connectivity index (χ3n) is 5.58. The molecule has 0 amide bonds. The summed E-state index contributed by atoms with van der Waals surface area (Å²) in [5, 5.41) is 7.74. The maximum atomic E-state index is 13.3. The van der Waals surface area contributed by atoms with E-state index >= 15 is 0 Å². The number of aromatic nitrogens is 5. The predicted molar refractivity (Wildman–Crippen MR) is 140 cm³/mol. The third kappa shape index (κ3) is 5.67. The number of hydrogen-bond donors (Lipinski definition) is 3. The van der Waals surface area contributed by atoms with Gasteiger partial charge < -0.3 is 9.88 Å². The molecule has 0 fully saturated rings. The van der Waals surface area contributed by atoms with Crippen LogP contribution in [-0.4, -0.2) is 35.4 Å². The lowest BCUT2D eigenvalue weighted by Gasteiger charge is -2.12. The van der Waals surface area contributed by atoms with Crippen molar-refractivity contribution in [2.75, 3.05) is 16.6 Å². The molecule has 0 radical (unpaired) electrons. The first-order valence-electron chi connectivity index (χ1n) is 10.9. The zero-order valence-electron chi connectivity index (χ0n) is 19.5. The SMILES string of the molecule is Cc1nn(C)c(C)c1N[S+](=O)(O)c1c(Cl)cc(-c2ccnc(NCCCn3ccnc3)c2)cc1Cl. The molecule has 0 aliphatic heterocycles. The van der Waals surface area contributed by atoms with Crippen molar-refractivity contribution in [1.82, 2.24) is 24.3 Å². The summed E-state index contributed by atoms with van der Waals surface area (Å²) in [6.45, 7) is 5.15. The number of anilines is 2. The van der Waals surface area contributed by atoms with Crippen LogP contribution in [0, 0.1) is 13.8 Å². The molecular weight excluding hydrogens is 509 g/mol. The minimum absolute atomic E-state index is 0.0702. The van der Waals surface area contributed by atoms with Crippen molar-refractivity contribution in [2.45, 2.75) is 31.7 Å². The van der Waals surface area contributed by atoms with Crippen LogP contribution in [0.1, 0.15) is 17.8 Å². The Labute approximate surface area is 214 Å². The number of pyridine rings is 1. The van der Waals surface area contributed by atoms with Crippen LogP contribution < -0.4 is 10.0 Å². The Kier molecular flexibility index (Phi) is 7.46. The number of rotatable bonds is 9. The van der Waals surface area contributed by atoms with Crippen molar-refractivity contribution in [3.8, 4) is 11.1 Å². The van der Waals surface area contributed by atoms with E-state index in [4.69, 9.17) is 23.2 Å².